The first-order valence-corrected chi connectivity index (χ1v) is 13.7. The number of hydrogen-bond donors (Lipinski definition) is 1. The Morgan fingerprint density at radius 1 is 0.946 bits per heavy atom. The largest absolute Gasteiger partial charge is 0.390 e. The maximum atomic E-state index is 13.8. The third kappa shape index (κ3) is 7.20. The summed E-state index contributed by atoms with van der Waals surface area (Å²) >= 11 is 0. The van der Waals surface area contributed by atoms with Gasteiger partial charge < -0.3 is 28.8 Å². The minimum Gasteiger partial charge on any atom is -0.390 e. The third-order valence-electron chi connectivity index (χ3n) is 8.13. The molecule has 3 rings (SSSR count). The Kier molecular flexibility index (Phi) is 9.63. The number of carbonyl (C=O) groups is 1. The van der Waals surface area contributed by atoms with Gasteiger partial charge in [-0.2, -0.15) is 0 Å². The number of carbonyl (C=O) groups excluding carboxylic acids is 1. The fourth-order valence-corrected chi connectivity index (χ4v) is 5.74. The molecule has 0 amide bonds. The molecular formula is C30H48O7. The normalized spacial score (nSPS) is 32.2. The summed E-state index contributed by atoms with van der Waals surface area (Å²) in [6, 6.07) is 10.0. The second-order valence-electron chi connectivity index (χ2n) is 12.0. The van der Waals surface area contributed by atoms with E-state index in [1.165, 1.54) is 0 Å². The Labute approximate surface area is 223 Å². The zero-order valence-corrected chi connectivity index (χ0v) is 24.3. The molecular weight excluding hydrogens is 472 g/mol. The van der Waals surface area contributed by atoms with Gasteiger partial charge in [-0.15, -0.1) is 0 Å². The quantitative estimate of drug-likeness (QED) is 0.448. The van der Waals surface area contributed by atoms with Gasteiger partial charge in [0.15, 0.2) is 11.6 Å². The van der Waals surface area contributed by atoms with Crippen molar-refractivity contribution < 1.29 is 33.6 Å². The standard InChI is InChI=1S/C30H48O7/c1-17-21(5)35-30(9,10)37-28(17)20(4)27(34-22(6)23-14-12-11-13-15-23)19(3)25(31)18(2)26(32)24-16-33-29(7,8)36-24/h11-15,17-22,24,26-28,32H,16H2,1-10H3/t17-,18-,19-,20+,21-,22+,24-,26+,27-,28-/m1/s1. The van der Waals surface area contributed by atoms with E-state index in [1.807, 2.05) is 71.9 Å². The first-order valence-electron chi connectivity index (χ1n) is 13.7. The monoisotopic (exact) mass is 520 g/mol. The Hall–Kier alpha value is -1.35. The molecule has 1 N–H and O–H groups in total. The van der Waals surface area contributed by atoms with Crippen molar-refractivity contribution in [2.45, 2.75) is 117 Å². The number of rotatable bonds is 10. The van der Waals surface area contributed by atoms with Crippen molar-refractivity contribution in [1.82, 2.24) is 0 Å². The van der Waals surface area contributed by atoms with E-state index in [0.29, 0.717) is 0 Å². The summed E-state index contributed by atoms with van der Waals surface area (Å²) in [5, 5.41) is 11.0. The lowest BCUT2D eigenvalue weighted by molar-refractivity contribution is -0.329. The highest BCUT2D eigenvalue weighted by molar-refractivity contribution is 5.84. The summed E-state index contributed by atoms with van der Waals surface area (Å²) in [4.78, 5) is 13.8. The van der Waals surface area contributed by atoms with Crippen LogP contribution in [0.15, 0.2) is 30.3 Å². The summed E-state index contributed by atoms with van der Waals surface area (Å²) in [5.41, 5.74) is 1.04. The number of ether oxygens (including phenoxy) is 5. The van der Waals surface area contributed by atoms with Gasteiger partial charge in [-0.25, -0.2) is 0 Å². The minimum atomic E-state index is -0.976. The van der Waals surface area contributed by atoms with Crippen LogP contribution >= 0.6 is 0 Å². The number of Topliss-reactive ketones (excluding diaryl/α,β-unsaturated/α-hetero) is 1. The highest BCUT2D eigenvalue weighted by Crippen LogP contribution is 2.39. The van der Waals surface area contributed by atoms with Gasteiger partial charge in [-0.3, -0.25) is 4.79 Å². The molecule has 2 saturated heterocycles. The molecule has 37 heavy (non-hydrogen) atoms. The lowest BCUT2D eigenvalue weighted by Crippen LogP contribution is -2.55. The average molecular weight is 521 g/mol. The van der Waals surface area contributed by atoms with Gasteiger partial charge in [0, 0.05) is 23.7 Å². The van der Waals surface area contributed by atoms with Gasteiger partial charge in [0.05, 0.1) is 37.1 Å². The molecule has 0 unspecified atom stereocenters. The molecule has 0 aliphatic carbocycles. The molecule has 2 fully saturated rings. The molecule has 2 heterocycles. The minimum absolute atomic E-state index is 0.00183. The molecule has 10 atom stereocenters. The van der Waals surface area contributed by atoms with Gasteiger partial charge in [-0.05, 0) is 47.1 Å². The van der Waals surface area contributed by atoms with Crippen LogP contribution < -0.4 is 0 Å². The van der Waals surface area contributed by atoms with E-state index >= 15 is 0 Å². The lowest BCUT2D eigenvalue weighted by atomic mass is 9.77. The van der Waals surface area contributed by atoms with Crippen LogP contribution in [0.4, 0.5) is 0 Å². The van der Waals surface area contributed by atoms with E-state index in [2.05, 4.69) is 20.8 Å². The fourth-order valence-electron chi connectivity index (χ4n) is 5.74. The summed E-state index contributed by atoms with van der Waals surface area (Å²) < 4.78 is 30.7. The molecule has 2 aliphatic heterocycles. The van der Waals surface area contributed by atoms with Crippen LogP contribution in [0.3, 0.4) is 0 Å². The summed E-state index contributed by atoms with van der Waals surface area (Å²) in [7, 11) is 0. The number of benzene rings is 1. The molecule has 0 saturated carbocycles. The lowest BCUT2D eigenvalue weighted by Gasteiger charge is -2.48. The number of aliphatic hydroxyl groups excluding tert-OH is 1. The molecule has 7 nitrogen and oxygen atoms in total. The van der Waals surface area contributed by atoms with Crippen molar-refractivity contribution in [2.75, 3.05) is 6.61 Å². The Morgan fingerprint density at radius 3 is 2.14 bits per heavy atom. The van der Waals surface area contributed by atoms with Crippen molar-refractivity contribution in [3.63, 3.8) is 0 Å². The highest BCUT2D eigenvalue weighted by atomic mass is 16.7. The Morgan fingerprint density at radius 2 is 1.57 bits per heavy atom. The molecule has 0 spiro atoms. The fraction of sp³-hybridized carbons (Fsp3) is 0.767. The Balaban J connectivity index is 1.85. The SMILES string of the molecule is C[C@H]([C@@H]1OC(C)(C)O[C@H](C)[C@H]1C)[C@H](O[C@@H](C)c1ccccc1)[C@H](C)C(=O)[C@@H](C)[C@H](O)[C@H]1COC(C)(C)O1. The van der Waals surface area contributed by atoms with Crippen LogP contribution in [0.5, 0.6) is 0 Å². The van der Waals surface area contributed by atoms with E-state index in [0.717, 1.165) is 5.56 Å². The molecule has 0 radical (unpaired) electrons. The summed E-state index contributed by atoms with van der Waals surface area (Å²) in [6.45, 7) is 19.7. The summed E-state index contributed by atoms with van der Waals surface area (Å²) in [5.74, 6) is -2.71. The topological polar surface area (TPSA) is 83.5 Å². The number of aliphatic hydroxyl groups is 1. The Bertz CT molecular complexity index is 885. The highest BCUT2D eigenvalue weighted by Gasteiger charge is 2.47. The first-order chi connectivity index (χ1) is 17.1. The molecule has 210 valence electrons. The average Bonchev–Trinajstić information content (AvgIpc) is 3.22. The van der Waals surface area contributed by atoms with Crippen molar-refractivity contribution in [3.8, 4) is 0 Å². The van der Waals surface area contributed by atoms with Crippen LogP contribution in [-0.4, -0.2) is 59.6 Å². The van der Waals surface area contributed by atoms with E-state index in [4.69, 9.17) is 23.7 Å². The van der Waals surface area contributed by atoms with E-state index < -0.39 is 41.7 Å². The van der Waals surface area contributed by atoms with Crippen LogP contribution in [0, 0.1) is 23.7 Å². The van der Waals surface area contributed by atoms with Crippen molar-refractivity contribution in [3.05, 3.63) is 35.9 Å². The smallest absolute Gasteiger partial charge is 0.163 e. The van der Waals surface area contributed by atoms with Crippen LogP contribution in [-0.2, 0) is 28.5 Å². The summed E-state index contributed by atoms with van der Waals surface area (Å²) in [6.07, 6.45) is -2.37. The molecule has 2 aliphatic rings. The molecule has 1 aromatic rings. The van der Waals surface area contributed by atoms with E-state index in [-0.39, 0.29) is 42.5 Å². The zero-order chi connectivity index (χ0) is 27.7. The third-order valence-corrected chi connectivity index (χ3v) is 8.13. The second kappa shape index (κ2) is 11.8. The molecule has 0 bridgehead atoms. The second-order valence-corrected chi connectivity index (χ2v) is 12.0. The van der Waals surface area contributed by atoms with Crippen molar-refractivity contribution >= 4 is 5.78 Å². The van der Waals surface area contributed by atoms with Gasteiger partial charge in [-0.1, -0.05) is 58.0 Å². The van der Waals surface area contributed by atoms with Gasteiger partial charge in [0.25, 0.3) is 0 Å². The van der Waals surface area contributed by atoms with E-state index in [1.54, 1.807) is 6.92 Å². The molecule has 7 heteroatoms. The zero-order valence-electron chi connectivity index (χ0n) is 24.3. The van der Waals surface area contributed by atoms with E-state index in [9.17, 15) is 9.90 Å². The van der Waals surface area contributed by atoms with Gasteiger partial charge >= 0.3 is 0 Å². The van der Waals surface area contributed by atoms with Crippen LogP contribution in [0.25, 0.3) is 0 Å². The van der Waals surface area contributed by atoms with Gasteiger partial charge in [0.1, 0.15) is 11.9 Å². The first kappa shape index (κ1) is 30.2. The van der Waals surface area contributed by atoms with Gasteiger partial charge in [0.2, 0.25) is 0 Å². The van der Waals surface area contributed by atoms with Crippen molar-refractivity contribution in [1.29, 1.82) is 0 Å². The molecule has 1 aromatic carbocycles. The maximum Gasteiger partial charge on any atom is 0.163 e. The molecule has 0 aromatic heterocycles. The van der Waals surface area contributed by atoms with Crippen LogP contribution in [0.2, 0.25) is 0 Å². The number of ketones is 1. The maximum absolute atomic E-state index is 13.8. The van der Waals surface area contributed by atoms with Crippen LogP contribution in [0.1, 0.15) is 80.9 Å². The number of hydrogen-bond acceptors (Lipinski definition) is 7. The predicted octanol–water partition coefficient (Wildman–Crippen LogP) is 5.30. The predicted molar refractivity (Wildman–Crippen MR) is 142 cm³/mol. The van der Waals surface area contributed by atoms with Crippen molar-refractivity contribution in [2.24, 2.45) is 23.7 Å².